The van der Waals surface area contributed by atoms with Gasteiger partial charge in [-0.1, -0.05) is 30.3 Å². The van der Waals surface area contributed by atoms with E-state index in [-0.39, 0.29) is 21.1 Å². The quantitative estimate of drug-likeness (QED) is 0.217. The molecule has 0 aliphatic carbocycles. The molecule has 0 radical (unpaired) electrons. The van der Waals surface area contributed by atoms with Gasteiger partial charge in [0.15, 0.2) is 0 Å². The first-order valence-corrected chi connectivity index (χ1v) is 10.9. The van der Waals surface area contributed by atoms with Crippen LogP contribution in [0.3, 0.4) is 0 Å². The van der Waals surface area contributed by atoms with Crippen LogP contribution in [0.15, 0.2) is 97.2 Å². The SMILES string of the molecule is Cc1cc(C)n(-c2cccc(Oc3ccc4c5ccccc5n(-c5ccccn5)c4c3)c2)n1.[Pt]. The van der Waals surface area contributed by atoms with Gasteiger partial charge >= 0.3 is 0 Å². The van der Waals surface area contributed by atoms with Gasteiger partial charge in [0.05, 0.1) is 22.4 Å². The van der Waals surface area contributed by atoms with Crippen molar-refractivity contribution in [1.29, 1.82) is 0 Å². The second kappa shape index (κ2) is 8.92. The molecule has 0 amide bonds. The van der Waals surface area contributed by atoms with Crippen LogP contribution in [0.1, 0.15) is 11.4 Å². The van der Waals surface area contributed by atoms with Gasteiger partial charge < -0.3 is 4.74 Å². The summed E-state index contributed by atoms with van der Waals surface area (Å²) in [6, 6.07) is 30.7. The zero-order valence-electron chi connectivity index (χ0n) is 18.8. The van der Waals surface area contributed by atoms with E-state index in [9.17, 15) is 0 Å². The molecular weight excluding hydrogens is 603 g/mol. The minimum atomic E-state index is 0. The average Bonchev–Trinajstić information content (AvgIpc) is 3.35. The van der Waals surface area contributed by atoms with Gasteiger partial charge in [-0.25, -0.2) is 9.67 Å². The predicted octanol–water partition coefficient (Wildman–Crippen LogP) is 6.77. The molecule has 0 spiro atoms. The summed E-state index contributed by atoms with van der Waals surface area (Å²) in [6.45, 7) is 4.05. The third-order valence-electron chi connectivity index (χ3n) is 5.83. The Balaban J connectivity index is 0.00000241. The zero-order valence-corrected chi connectivity index (χ0v) is 21.0. The van der Waals surface area contributed by atoms with Crippen LogP contribution in [-0.2, 0) is 21.1 Å². The van der Waals surface area contributed by atoms with Gasteiger partial charge in [-0.15, -0.1) is 0 Å². The van der Waals surface area contributed by atoms with Crippen LogP contribution in [0.5, 0.6) is 11.5 Å². The molecule has 0 fully saturated rings. The fourth-order valence-corrected chi connectivity index (χ4v) is 4.45. The van der Waals surface area contributed by atoms with E-state index >= 15 is 0 Å². The maximum atomic E-state index is 6.31. The average molecular weight is 626 g/mol. The van der Waals surface area contributed by atoms with E-state index in [1.165, 1.54) is 10.8 Å². The predicted molar refractivity (Wildman–Crippen MR) is 132 cm³/mol. The van der Waals surface area contributed by atoms with E-state index in [4.69, 9.17) is 4.74 Å². The smallest absolute Gasteiger partial charge is 0.137 e. The molecule has 0 saturated carbocycles. The van der Waals surface area contributed by atoms with E-state index in [2.05, 4.69) is 64.0 Å². The van der Waals surface area contributed by atoms with Crippen molar-refractivity contribution in [3.8, 4) is 23.0 Å². The number of benzene rings is 3. The molecule has 5 nitrogen and oxygen atoms in total. The third-order valence-corrected chi connectivity index (χ3v) is 5.83. The number of aryl methyl sites for hydroxylation is 2. The van der Waals surface area contributed by atoms with Gasteiger partial charge in [-0.2, -0.15) is 5.10 Å². The summed E-state index contributed by atoms with van der Waals surface area (Å²) in [5, 5.41) is 6.95. The van der Waals surface area contributed by atoms with E-state index in [1.54, 1.807) is 0 Å². The van der Waals surface area contributed by atoms with Gasteiger partial charge in [0.2, 0.25) is 0 Å². The topological polar surface area (TPSA) is 44.9 Å². The number of fused-ring (bicyclic) bond motifs is 3. The molecule has 3 heterocycles. The molecule has 0 N–H and O–H groups in total. The molecule has 0 aliphatic heterocycles. The number of hydrogen-bond acceptors (Lipinski definition) is 3. The fourth-order valence-electron chi connectivity index (χ4n) is 4.45. The second-order valence-corrected chi connectivity index (χ2v) is 8.16. The van der Waals surface area contributed by atoms with Gasteiger partial charge in [0, 0.05) is 55.9 Å². The number of nitrogens with zero attached hydrogens (tertiary/aromatic N) is 4. The Kier molecular flexibility index (Phi) is 5.80. The van der Waals surface area contributed by atoms with Gasteiger partial charge in [-0.05, 0) is 62.4 Å². The number of para-hydroxylation sites is 1. The number of aromatic nitrogens is 4. The van der Waals surface area contributed by atoms with Crippen LogP contribution >= 0.6 is 0 Å². The number of hydrogen-bond donors (Lipinski definition) is 0. The zero-order chi connectivity index (χ0) is 22.4. The maximum Gasteiger partial charge on any atom is 0.137 e. The first kappa shape index (κ1) is 22.1. The van der Waals surface area contributed by atoms with E-state index < -0.39 is 0 Å². The van der Waals surface area contributed by atoms with Crippen molar-refractivity contribution < 1.29 is 25.8 Å². The summed E-state index contributed by atoms with van der Waals surface area (Å²) in [4.78, 5) is 4.60. The van der Waals surface area contributed by atoms with Crippen LogP contribution in [0.25, 0.3) is 33.3 Å². The molecule has 6 aromatic rings. The molecule has 0 atom stereocenters. The molecule has 0 aliphatic rings. The molecule has 0 unspecified atom stereocenters. The summed E-state index contributed by atoms with van der Waals surface area (Å²) in [7, 11) is 0. The normalized spacial score (nSPS) is 11.0. The first-order valence-electron chi connectivity index (χ1n) is 10.9. The largest absolute Gasteiger partial charge is 0.457 e. The molecule has 0 bridgehead atoms. The van der Waals surface area contributed by atoms with Crippen molar-refractivity contribution in [2.45, 2.75) is 13.8 Å². The fraction of sp³-hybridized carbons (Fsp3) is 0.0714. The van der Waals surface area contributed by atoms with Crippen LogP contribution < -0.4 is 4.74 Å². The summed E-state index contributed by atoms with van der Waals surface area (Å²) < 4.78 is 10.4. The van der Waals surface area contributed by atoms with Crippen LogP contribution in [0.4, 0.5) is 0 Å². The maximum absolute atomic E-state index is 6.31. The van der Waals surface area contributed by atoms with E-state index in [0.29, 0.717) is 0 Å². The number of ether oxygens (including phenoxy) is 1. The molecule has 0 saturated heterocycles. The molecular formula is C28H22N4OPt. The van der Waals surface area contributed by atoms with E-state index in [0.717, 1.165) is 45.4 Å². The minimum Gasteiger partial charge on any atom is -0.457 e. The Morgan fingerprint density at radius 3 is 2.29 bits per heavy atom. The Labute approximate surface area is 211 Å². The standard InChI is InChI=1S/C28H22N4O.Pt/c1-19-16-20(2)32(30-19)21-8-7-9-22(17-21)33-23-13-14-25-24-10-3-4-11-26(24)31(27(25)18-23)28-12-5-6-15-29-28;/h3-18H,1-2H3;. The Bertz CT molecular complexity index is 1620. The first-order chi connectivity index (χ1) is 16.2. The summed E-state index contributed by atoms with van der Waals surface area (Å²) in [6.07, 6.45) is 1.82. The summed E-state index contributed by atoms with van der Waals surface area (Å²) in [5.74, 6) is 2.42. The third kappa shape index (κ3) is 3.82. The van der Waals surface area contributed by atoms with Crippen molar-refractivity contribution in [2.75, 3.05) is 0 Å². The Hall–Kier alpha value is -3.69. The Morgan fingerprint density at radius 1 is 0.706 bits per heavy atom. The minimum absolute atomic E-state index is 0. The molecule has 6 rings (SSSR count). The van der Waals surface area contributed by atoms with Crippen LogP contribution in [0.2, 0.25) is 0 Å². The number of rotatable bonds is 4. The molecule has 3 aromatic heterocycles. The summed E-state index contributed by atoms with van der Waals surface area (Å²) >= 11 is 0. The molecule has 3 aromatic carbocycles. The second-order valence-electron chi connectivity index (χ2n) is 8.16. The molecule has 170 valence electrons. The van der Waals surface area contributed by atoms with Crippen molar-refractivity contribution in [2.24, 2.45) is 0 Å². The van der Waals surface area contributed by atoms with Crippen LogP contribution in [0, 0.1) is 13.8 Å². The van der Waals surface area contributed by atoms with Crippen molar-refractivity contribution in [3.05, 3.63) is 109 Å². The number of pyridine rings is 1. The monoisotopic (exact) mass is 625 g/mol. The van der Waals surface area contributed by atoms with Crippen LogP contribution in [-0.4, -0.2) is 19.3 Å². The Morgan fingerprint density at radius 2 is 1.50 bits per heavy atom. The van der Waals surface area contributed by atoms with Crippen molar-refractivity contribution in [1.82, 2.24) is 19.3 Å². The van der Waals surface area contributed by atoms with E-state index in [1.807, 2.05) is 66.3 Å². The molecule has 6 heteroatoms. The van der Waals surface area contributed by atoms with Crippen molar-refractivity contribution >= 4 is 21.8 Å². The summed E-state index contributed by atoms with van der Waals surface area (Å²) in [5.41, 5.74) is 5.23. The van der Waals surface area contributed by atoms with Gasteiger partial charge in [0.25, 0.3) is 0 Å². The van der Waals surface area contributed by atoms with Gasteiger partial charge in [0.1, 0.15) is 17.3 Å². The molecule has 34 heavy (non-hydrogen) atoms. The van der Waals surface area contributed by atoms with Gasteiger partial charge in [-0.3, -0.25) is 4.57 Å². The van der Waals surface area contributed by atoms with Crippen molar-refractivity contribution in [3.63, 3.8) is 0 Å².